The molecule has 1 fully saturated rings. The van der Waals surface area contributed by atoms with Crippen molar-refractivity contribution in [1.29, 1.82) is 0 Å². The van der Waals surface area contributed by atoms with Gasteiger partial charge in [-0.2, -0.15) is 13.2 Å². The van der Waals surface area contributed by atoms with Crippen LogP contribution in [0.2, 0.25) is 0 Å². The van der Waals surface area contributed by atoms with Crippen molar-refractivity contribution in [3.8, 4) is 5.75 Å². The molecule has 1 aliphatic heterocycles. The average Bonchev–Trinajstić information content (AvgIpc) is 3.21. The number of rotatable bonds is 18. The summed E-state index contributed by atoms with van der Waals surface area (Å²) in [6, 6.07) is 28.8. The van der Waals surface area contributed by atoms with Gasteiger partial charge in [0, 0.05) is 58.0 Å². The fourth-order valence-electron chi connectivity index (χ4n) is 6.31. The van der Waals surface area contributed by atoms with Crippen LogP contribution in [0.5, 0.6) is 5.75 Å². The summed E-state index contributed by atoms with van der Waals surface area (Å²) < 4.78 is 50.6. The Balaban J connectivity index is 1.33. The zero-order valence-electron chi connectivity index (χ0n) is 31.1. The van der Waals surface area contributed by atoms with Crippen molar-refractivity contribution in [1.82, 2.24) is 15.1 Å². The number of nitrogens with one attached hydrogen (secondary N) is 1. The van der Waals surface area contributed by atoms with Gasteiger partial charge < -0.3 is 34.6 Å². The summed E-state index contributed by atoms with van der Waals surface area (Å²) in [5, 5.41) is 12.4. The first kappa shape index (κ1) is 41.0. The standard InChI is InChI=1S/C43H49F3N4O5/c1-48(23-22-47-21-20-35-8-5-9-39(30-35)55-29-26-51)42(53)40(31-34-6-3-2-4-7-34)50(32-36-12-17-38(18-13-36)49-24-27-54-28-25-49)41(52)19-14-33-10-15-37(16-11-33)43(44,45)46/h2-19,30,40,47,51H,20-29,31-32H2,1H3. The molecule has 5 rings (SSSR count). The van der Waals surface area contributed by atoms with Crippen molar-refractivity contribution >= 4 is 23.6 Å². The first-order valence-electron chi connectivity index (χ1n) is 18.5. The Morgan fingerprint density at radius 2 is 1.62 bits per heavy atom. The number of carbonyl (C=O) groups excluding carboxylic acids is 2. The van der Waals surface area contributed by atoms with Gasteiger partial charge in [0.25, 0.3) is 0 Å². The van der Waals surface area contributed by atoms with Crippen molar-refractivity contribution in [2.75, 3.05) is 71.1 Å². The number of carbonyl (C=O) groups is 2. The van der Waals surface area contributed by atoms with Crippen molar-refractivity contribution < 1.29 is 37.3 Å². The third kappa shape index (κ3) is 12.7. The number of hydrogen-bond acceptors (Lipinski definition) is 7. The van der Waals surface area contributed by atoms with Crippen LogP contribution in [0.4, 0.5) is 18.9 Å². The lowest BCUT2D eigenvalue weighted by molar-refractivity contribution is -0.143. The molecular weight excluding hydrogens is 709 g/mol. The van der Waals surface area contributed by atoms with E-state index in [1.54, 1.807) is 16.8 Å². The average molecular weight is 759 g/mol. The maximum Gasteiger partial charge on any atom is 0.416 e. The highest BCUT2D eigenvalue weighted by Gasteiger charge is 2.32. The number of hydrogen-bond donors (Lipinski definition) is 2. The topological polar surface area (TPSA) is 94.6 Å². The maximum atomic E-state index is 14.4. The maximum absolute atomic E-state index is 14.4. The van der Waals surface area contributed by atoms with E-state index in [0.29, 0.717) is 44.2 Å². The molecule has 0 saturated carbocycles. The lowest BCUT2D eigenvalue weighted by Gasteiger charge is -2.34. The number of nitrogens with zero attached hydrogens (tertiary/aromatic N) is 3. The molecule has 1 unspecified atom stereocenters. The summed E-state index contributed by atoms with van der Waals surface area (Å²) in [7, 11) is 1.72. The number of alkyl halides is 3. The van der Waals surface area contributed by atoms with Gasteiger partial charge in [-0.25, -0.2) is 0 Å². The summed E-state index contributed by atoms with van der Waals surface area (Å²) in [4.78, 5) is 34.0. The van der Waals surface area contributed by atoms with Crippen molar-refractivity contribution in [3.63, 3.8) is 0 Å². The third-order valence-corrected chi connectivity index (χ3v) is 9.39. The molecule has 4 aromatic rings. The van der Waals surface area contributed by atoms with E-state index in [0.717, 1.165) is 54.0 Å². The van der Waals surface area contributed by atoms with Crippen LogP contribution in [-0.4, -0.2) is 99.0 Å². The van der Waals surface area contributed by atoms with E-state index in [1.807, 2.05) is 78.9 Å². The number of aliphatic hydroxyl groups is 1. The molecule has 9 nitrogen and oxygen atoms in total. The van der Waals surface area contributed by atoms with Crippen LogP contribution in [0.15, 0.2) is 109 Å². The smallest absolute Gasteiger partial charge is 0.416 e. The fourth-order valence-corrected chi connectivity index (χ4v) is 6.31. The molecule has 0 aromatic heterocycles. The molecule has 2 amide bonds. The number of aliphatic hydroxyl groups excluding tert-OH is 1. The quantitative estimate of drug-likeness (QED) is 0.0971. The van der Waals surface area contributed by atoms with Crippen LogP contribution < -0.4 is 15.0 Å². The van der Waals surface area contributed by atoms with E-state index in [9.17, 15) is 22.8 Å². The Kier molecular flexibility index (Phi) is 15.3. The van der Waals surface area contributed by atoms with Crippen molar-refractivity contribution in [3.05, 3.63) is 137 Å². The lowest BCUT2D eigenvalue weighted by atomic mass is 10.0. The second kappa shape index (κ2) is 20.5. The van der Waals surface area contributed by atoms with Gasteiger partial charge in [-0.05, 0) is 77.7 Å². The van der Waals surface area contributed by atoms with E-state index in [-0.39, 0.29) is 32.1 Å². The van der Waals surface area contributed by atoms with Gasteiger partial charge in [-0.15, -0.1) is 0 Å². The molecule has 0 aliphatic carbocycles. The molecule has 0 radical (unpaired) electrons. The Bertz CT molecular complexity index is 1820. The normalized spacial score (nSPS) is 13.8. The number of likely N-dealkylation sites (N-methyl/N-ethyl adjacent to an activating group) is 1. The largest absolute Gasteiger partial charge is 0.491 e. The number of halogens is 3. The predicted molar refractivity (Wildman–Crippen MR) is 208 cm³/mol. The van der Waals surface area contributed by atoms with Crippen LogP contribution in [0.25, 0.3) is 6.08 Å². The van der Waals surface area contributed by atoms with Crippen LogP contribution in [-0.2, 0) is 39.9 Å². The van der Waals surface area contributed by atoms with E-state index in [4.69, 9.17) is 14.6 Å². The third-order valence-electron chi connectivity index (χ3n) is 9.39. The Hall–Kier alpha value is -5.17. The summed E-state index contributed by atoms with van der Waals surface area (Å²) in [6.45, 7) is 4.74. The molecule has 1 heterocycles. The first-order valence-corrected chi connectivity index (χ1v) is 18.5. The summed E-state index contributed by atoms with van der Waals surface area (Å²) >= 11 is 0. The summed E-state index contributed by atoms with van der Waals surface area (Å²) in [6.07, 6.45) is -0.675. The number of ether oxygens (including phenoxy) is 2. The van der Waals surface area contributed by atoms with Gasteiger partial charge >= 0.3 is 6.18 Å². The molecule has 55 heavy (non-hydrogen) atoms. The second-order valence-corrected chi connectivity index (χ2v) is 13.4. The minimum absolute atomic E-state index is 0.0575. The van der Waals surface area contributed by atoms with Gasteiger partial charge in [0.2, 0.25) is 11.8 Å². The molecule has 2 N–H and O–H groups in total. The molecule has 292 valence electrons. The second-order valence-electron chi connectivity index (χ2n) is 13.4. The SMILES string of the molecule is CN(CCNCCc1cccc(OCCO)c1)C(=O)C(Cc1ccccc1)N(Cc1ccc(N2CCOCC2)cc1)C(=O)C=Cc1ccc(C(F)(F)F)cc1. The minimum atomic E-state index is -4.47. The number of amides is 2. The van der Waals surface area contributed by atoms with Gasteiger partial charge in [0.1, 0.15) is 18.4 Å². The van der Waals surface area contributed by atoms with E-state index in [2.05, 4.69) is 10.2 Å². The molecule has 12 heteroatoms. The van der Waals surface area contributed by atoms with Crippen LogP contribution in [0.3, 0.4) is 0 Å². The Labute approximate surface area is 321 Å². The molecule has 0 bridgehead atoms. The van der Waals surface area contributed by atoms with Crippen LogP contribution in [0.1, 0.15) is 27.8 Å². The predicted octanol–water partition coefficient (Wildman–Crippen LogP) is 5.86. The van der Waals surface area contributed by atoms with Crippen LogP contribution in [0, 0.1) is 0 Å². The van der Waals surface area contributed by atoms with Crippen molar-refractivity contribution in [2.45, 2.75) is 31.6 Å². The molecule has 0 spiro atoms. The van der Waals surface area contributed by atoms with E-state index in [1.165, 1.54) is 24.3 Å². The highest BCUT2D eigenvalue weighted by Crippen LogP contribution is 2.29. The molecule has 1 saturated heterocycles. The monoisotopic (exact) mass is 758 g/mol. The lowest BCUT2D eigenvalue weighted by Crippen LogP contribution is -2.51. The number of anilines is 1. The van der Waals surface area contributed by atoms with Gasteiger partial charge in [-0.3, -0.25) is 9.59 Å². The Morgan fingerprint density at radius 3 is 2.31 bits per heavy atom. The van der Waals surface area contributed by atoms with Crippen LogP contribution >= 0.6 is 0 Å². The number of morpholine rings is 1. The zero-order valence-corrected chi connectivity index (χ0v) is 31.1. The molecule has 1 aliphatic rings. The van der Waals surface area contributed by atoms with Gasteiger partial charge in [0.15, 0.2) is 0 Å². The van der Waals surface area contributed by atoms with E-state index >= 15 is 0 Å². The van der Waals surface area contributed by atoms with Crippen molar-refractivity contribution in [2.24, 2.45) is 0 Å². The van der Waals surface area contributed by atoms with E-state index < -0.39 is 23.7 Å². The van der Waals surface area contributed by atoms with Gasteiger partial charge in [-0.1, -0.05) is 66.7 Å². The zero-order chi connectivity index (χ0) is 39.0. The van der Waals surface area contributed by atoms with Gasteiger partial charge in [0.05, 0.1) is 25.4 Å². The fraction of sp³-hybridized carbons (Fsp3) is 0.349. The minimum Gasteiger partial charge on any atom is -0.491 e. The number of benzene rings is 4. The first-order chi connectivity index (χ1) is 26.6. The highest BCUT2D eigenvalue weighted by atomic mass is 19.4. The Morgan fingerprint density at radius 1 is 0.909 bits per heavy atom. The highest BCUT2D eigenvalue weighted by molar-refractivity contribution is 5.95. The molecule has 1 atom stereocenters. The summed E-state index contributed by atoms with van der Waals surface area (Å²) in [5.41, 5.74) is 3.47. The summed E-state index contributed by atoms with van der Waals surface area (Å²) in [5.74, 6) is 0.0199. The molecule has 4 aromatic carbocycles. The molecular formula is C43H49F3N4O5.